The molecule has 4 nitrogen and oxygen atoms in total. The van der Waals surface area contributed by atoms with Gasteiger partial charge in [0.2, 0.25) is 0 Å². The summed E-state index contributed by atoms with van der Waals surface area (Å²) in [6.07, 6.45) is 6.56. The summed E-state index contributed by atoms with van der Waals surface area (Å²) in [6, 6.07) is 0.255. The molecular formula is C13H24N2O2. The van der Waals surface area contributed by atoms with Crippen molar-refractivity contribution in [3.63, 3.8) is 0 Å². The van der Waals surface area contributed by atoms with Crippen molar-refractivity contribution in [2.45, 2.75) is 51.1 Å². The Morgan fingerprint density at radius 1 is 1.41 bits per heavy atom. The number of carboxylic acids is 1. The fraction of sp³-hybridized carbons (Fsp3) is 0.923. The average molecular weight is 240 g/mol. The Bertz CT molecular complexity index is 270. The first-order chi connectivity index (χ1) is 8.22. The number of fused-ring (bicyclic) bond motifs is 1. The van der Waals surface area contributed by atoms with Crippen LogP contribution in [0.4, 0.5) is 0 Å². The predicted octanol–water partition coefficient (Wildman–Crippen LogP) is 1.31. The molecule has 2 rings (SSSR count). The third kappa shape index (κ3) is 2.99. The molecule has 1 aliphatic heterocycles. The number of carboxylic acid groups (broad SMARTS) is 1. The molecule has 3 atom stereocenters. The van der Waals surface area contributed by atoms with Crippen molar-refractivity contribution < 1.29 is 9.90 Å². The first-order valence-corrected chi connectivity index (χ1v) is 6.92. The minimum atomic E-state index is -0.717. The highest BCUT2D eigenvalue weighted by atomic mass is 16.4. The monoisotopic (exact) mass is 240 g/mol. The van der Waals surface area contributed by atoms with Crippen LogP contribution in [0.2, 0.25) is 0 Å². The minimum absolute atomic E-state index is 0.402. The van der Waals surface area contributed by atoms with Gasteiger partial charge in [-0.25, -0.2) is 0 Å². The van der Waals surface area contributed by atoms with E-state index in [9.17, 15) is 9.90 Å². The van der Waals surface area contributed by atoms with Gasteiger partial charge < -0.3 is 10.4 Å². The Hall–Kier alpha value is -0.610. The molecule has 0 bridgehead atoms. The highest BCUT2D eigenvalue weighted by Gasteiger charge is 2.37. The van der Waals surface area contributed by atoms with Gasteiger partial charge in [-0.2, -0.15) is 0 Å². The van der Waals surface area contributed by atoms with Gasteiger partial charge in [0.25, 0.3) is 0 Å². The third-order valence-corrected chi connectivity index (χ3v) is 4.29. The van der Waals surface area contributed by atoms with E-state index < -0.39 is 12.0 Å². The Kier molecular flexibility index (Phi) is 4.40. The lowest BCUT2D eigenvalue weighted by molar-refractivity contribution is -0.140. The van der Waals surface area contributed by atoms with Crippen LogP contribution in [-0.2, 0) is 4.79 Å². The van der Waals surface area contributed by atoms with Crippen molar-refractivity contribution in [3.8, 4) is 0 Å². The van der Waals surface area contributed by atoms with Crippen LogP contribution >= 0.6 is 0 Å². The highest BCUT2D eigenvalue weighted by Crippen LogP contribution is 2.35. The van der Waals surface area contributed by atoms with Gasteiger partial charge in [0.1, 0.15) is 6.04 Å². The molecule has 2 N–H and O–H groups in total. The summed E-state index contributed by atoms with van der Waals surface area (Å²) in [7, 11) is 0. The number of rotatable bonds is 5. The van der Waals surface area contributed by atoms with E-state index in [0.717, 1.165) is 19.0 Å². The van der Waals surface area contributed by atoms with Crippen molar-refractivity contribution in [1.29, 1.82) is 0 Å². The van der Waals surface area contributed by atoms with E-state index in [0.29, 0.717) is 12.6 Å². The molecule has 0 amide bonds. The van der Waals surface area contributed by atoms with Crippen LogP contribution in [0.1, 0.15) is 39.0 Å². The van der Waals surface area contributed by atoms with Crippen molar-refractivity contribution in [2.24, 2.45) is 5.92 Å². The molecule has 0 radical (unpaired) electrons. The molecule has 17 heavy (non-hydrogen) atoms. The van der Waals surface area contributed by atoms with Crippen LogP contribution in [0.5, 0.6) is 0 Å². The molecule has 0 aromatic carbocycles. The van der Waals surface area contributed by atoms with E-state index in [4.69, 9.17) is 0 Å². The van der Waals surface area contributed by atoms with E-state index in [1.165, 1.54) is 32.1 Å². The molecule has 4 heteroatoms. The molecule has 98 valence electrons. The van der Waals surface area contributed by atoms with Crippen LogP contribution in [-0.4, -0.2) is 47.7 Å². The van der Waals surface area contributed by atoms with Gasteiger partial charge in [-0.05, 0) is 38.3 Å². The maximum atomic E-state index is 11.1. The largest absolute Gasteiger partial charge is 0.480 e. The van der Waals surface area contributed by atoms with E-state index >= 15 is 0 Å². The second kappa shape index (κ2) is 5.83. The second-order valence-corrected chi connectivity index (χ2v) is 5.34. The van der Waals surface area contributed by atoms with Gasteiger partial charge in [-0.15, -0.1) is 0 Å². The smallest absolute Gasteiger partial charge is 0.322 e. The lowest BCUT2D eigenvalue weighted by Crippen LogP contribution is -2.48. The van der Waals surface area contributed by atoms with E-state index in [1.807, 2.05) is 6.92 Å². The molecule has 1 saturated heterocycles. The zero-order valence-electron chi connectivity index (χ0n) is 10.7. The topological polar surface area (TPSA) is 52.6 Å². The lowest BCUT2D eigenvalue weighted by atomic mass is 9.85. The average Bonchev–Trinajstić information content (AvgIpc) is 2.72. The normalized spacial score (nSPS) is 31.1. The maximum Gasteiger partial charge on any atom is 0.322 e. The van der Waals surface area contributed by atoms with Crippen molar-refractivity contribution in [3.05, 3.63) is 0 Å². The molecule has 1 aliphatic carbocycles. The molecule has 0 aromatic heterocycles. The van der Waals surface area contributed by atoms with Crippen LogP contribution in [0.25, 0.3) is 0 Å². The lowest BCUT2D eigenvalue weighted by Gasteiger charge is -2.33. The van der Waals surface area contributed by atoms with Crippen LogP contribution in [0.15, 0.2) is 0 Å². The predicted molar refractivity (Wildman–Crippen MR) is 67.0 cm³/mol. The maximum absolute atomic E-state index is 11.1. The van der Waals surface area contributed by atoms with E-state index in [1.54, 1.807) is 0 Å². The van der Waals surface area contributed by atoms with Crippen molar-refractivity contribution >= 4 is 5.97 Å². The zero-order valence-corrected chi connectivity index (χ0v) is 10.7. The third-order valence-electron chi connectivity index (χ3n) is 4.29. The number of nitrogens with zero attached hydrogens (tertiary/aromatic N) is 1. The number of aliphatic carboxylic acids is 1. The fourth-order valence-electron chi connectivity index (χ4n) is 3.44. The first kappa shape index (κ1) is 12.8. The Morgan fingerprint density at radius 2 is 2.18 bits per heavy atom. The summed E-state index contributed by atoms with van der Waals surface area (Å²) < 4.78 is 0. The number of likely N-dealkylation sites (N-methyl/N-ethyl adjacent to an activating group) is 1. The molecule has 1 saturated carbocycles. The Labute approximate surface area is 103 Å². The summed E-state index contributed by atoms with van der Waals surface area (Å²) >= 11 is 0. The van der Waals surface area contributed by atoms with Crippen molar-refractivity contribution in [2.75, 3.05) is 19.6 Å². The number of hydrogen-bond acceptors (Lipinski definition) is 3. The van der Waals surface area contributed by atoms with Crippen LogP contribution in [0, 0.1) is 5.92 Å². The van der Waals surface area contributed by atoms with Gasteiger partial charge in [0, 0.05) is 12.6 Å². The van der Waals surface area contributed by atoms with Gasteiger partial charge in [0.05, 0.1) is 0 Å². The SMILES string of the molecule is CCNC(CN1CCC2CCCCC21)C(=O)O. The molecule has 2 fully saturated rings. The fourth-order valence-corrected chi connectivity index (χ4v) is 3.44. The molecular weight excluding hydrogens is 216 g/mol. The number of nitrogens with one attached hydrogen (secondary N) is 1. The van der Waals surface area contributed by atoms with E-state index in [2.05, 4.69) is 10.2 Å². The van der Waals surface area contributed by atoms with Crippen molar-refractivity contribution in [1.82, 2.24) is 10.2 Å². The molecule has 1 heterocycles. The number of hydrogen-bond donors (Lipinski definition) is 2. The zero-order chi connectivity index (χ0) is 12.3. The summed E-state index contributed by atoms with van der Waals surface area (Å²) in [5.74, 6) is 0.117. The highest BCUT2D eigenvalue weighted by molar-refractivity contribution is 5.73. The quantitative estimate of drug-likeness (QED) is 0.761. The Balaban J connectivity index is 1.91. The standard InChI is InChI=1S/C13H24N2O2/c1-2-14-11(13(16)17)9-15-8-7-10-5-3-4-6-12(10)15/h10-12,14H,2-9H2,1H3,(H,16,17). The van der Waals surface area contributed by atoms with Crippen LogP contribution in [0.3, 0.4) is 0 Å². The van der Waals surface area contributed by atoms with Crippen LogP contribution < -0.4 is 5.32 Å². The molecule has 2 aliphatic rings. The summed E-state index contributed by atoms with van der Waals surface area (Å²) in [6.45, 7) is 4.44. The molecule has 0 aromatic rings. The number of likely N-dealkylation sites (tertiary alicyclic amines) is 1. The first-order valence-electron chi connectivity index (χ1n) is 6.92. The van der Waals surface area contributed by atoms with Gasteiger partial charge in [-0.3, -0.25) is 9.69 Å². The van der Waals surface area contributed by atoms with E-state index in [-0.39, 0.29) is 0 Å². The molecule has 0 spiro atoms. The summed E-state index contributed by atoms with van der Waals surface area (Å²) in [4.78, 5) is 13.6. The number of carbonyl (C=O) groups is 1. The summed E-state index contributed by atoms with van der Waals surface area (Å²) in [5, 5.41) is 12.2. The second-order valence-electron chi connectivity index (χ2n) is 5.34. The van der Waals surface area contributed by atoms with Gasteiger partial charge >= 0.3 is 5.97 Å². The molecule has 3 unspecified atom stereocenters. The minimum Gasteiger partial charge on any atom is -0.480 e. The Morgan fingerprint density at radius 3 is 2.88 bits per heavy atom. The van der Waals surface area contributed by atoms with Gasteiger partial charge in [-0.1, -0.05) is 19.8 Å². The van der Waals surface area contributed by atoms with Gasteiger partial charge in [0.15, 0.2) is 0 Å². The summed E-state index contributed by atoms with van der Waals surface area (Å²) in [5.41, 5.74) is 0.